The number of rotatable bonds is 6. The molecule has 1 aliphatic rings. The number of piperazine rings is 1. The zero-order valence-corrected chi connectivity index (χ0v) is 17.3. The minimum absolute atomic E-state index is 0.0869. The van der Waals surface area contributed by atoms with Crippen molar-refractivity contribution in [1.82, 2.24) is 9.62 Å². The number of carbonyl (C=O) groups is 1. The number of carbonyl (C=O) groups excluding carboxylic acids is 1. The highest BCUT2D eigenvalue weighted by Gasteiger charge is 2.27. The number of nitrogens with one attached hydrogen (secondary N) is 1. The van der Waals surface area contributed by atoms with E-state index >= 15 is 0 Å². The van der Waals surface area contributed by atoms with Crippen molar-refractivity contribution in [1.29, 1.82) is 0 Å². The third-order valence-electron chi connectivity index (χ3n) is 4.73. The van der Waals surface area contributed by atoms with E-state index in [2.05, 4.69) is 10.2 Å². The van der Waals surface area contributed by atoms with Crippen LogP contribution in [0.4, 0.5) is 5.69 Å². The summed E-state index contributed by atoms with van der Waals surface area (Å²) >= 11 is 6.03. The molecule has 8 heteroatoms. The lowest BCUT2D eigenvalue weighted by Crippen LogP contribution is -2.50. The predicted octanol–water partition coefficient (Wildman–Crippen LogP) is 2.53. The van der Waals surface area contributed by atoms with Crippen LogP contribution in [-0.2, 0) is 10.0 Å². The van der Waals surface area contributed by atoms with Crippen LogP contribution in [0.2, 0.25) is 5.02 Å². The summed E-state index contributed by atoms with van der Waals surface area (Å²) in [6, 6.07) is 14.8. The lowest BCUT2D eigenvalue weighted by Gasteiger charge is -2.35. The van der Waals surface area contributed by atoms with Gasteiger partial charge in [-0.2, -0.15) is 4.31 Å². The van der Waals surface area contributed by atoms with Crippen LogP contribution in [0.3, 0.4) is 0 Å². The zero-order chi connectivity index (χ0) is 20.1. The molecule has 150 valence electrons. The monoisotopic (exact) mass is 421 g/mol. The second-order valence-corrected chi connectivity index (χ2v) is 9.33. The van der Waals surface area contributed by atoms with Crippen LogP contribution in [-0.4, -0.2) is 57.1 Å². The highest BCUT2D eigenvalue weighted by Crippen LogP contribution is 2.21. The van der Waals surface area contributed by atoms with Gasteiger partial charge in [-0.1, -0.05) is 35.4 Å². The molecule has 0 bridgehead atoms. The van der Waals surface area contributed by atoms with Crippen LogP contribution in [0, 0.1) is 6.92 Å². The SMILES string of the molecule is Cc1cccc(C(=O)NCCS(=O)(=O)N2CCN(c3cccc(Cl)c3)CC2)c1. The molecule has 28 heavy (non-hydrogen) atoms. The van der Waals surface area contributed by atoms with Crippen molar-refractivity contribution >= 4 is 33.2 Å². The van der Waals surface area contributed by atoms with E-state index < -0.39 is 10.0 Å². The minimum atomic E-state index is -3.42. The van der Waals surface area contributed by atoms with E-state index in [1.165, 1.54) is 4.31 Å². The number of nitrogens with zero attached hydrogens (tertiary/aromatic N) is 2. The zero-order valence-electron chi connectivity index (χ0n) is 15.8. The van der Waals surface area contributed by atoms with Crippen molar-refractivity contribution in [3.63, 3.8) is 0 Å². The molecule has 1 N–H and O–H groups in total. The van der Waals surface area contributed by atoms with Gasteiger partial charge in [0, 0.05) is 49.0 Å². The number of benzene rings is 2. The third-order valence-corrected chi connectivity index (χ3v) is 6.84. The molecule has 0 spiro atoms. The maximum absolute atomic E-state index is 12.6. The number of halogens is 1. The summed E-state index contributed by atoms with van der Waals surface area (Å²) in [6.45, 7) is 4.04. The Hall–Kier alpha value is -2.09. The van der Waals surface area contributed by atoms with Crippen molar-refractivity contribution in [2.45, 2.75) is 6.92 Å². The Bertz CT molecular complexity index is 941. The Labute approximate surface area is 171 Å². The molecule has 6 nitrogen and oxygen atoms in total. The molecule has 1 fully saturated rings. The second-order valence-electron chi connectivity index (χ2n) is 6.81. The summed E-state index contributed by atoms with van der Waals surface area (Å²) in [5, 5.41) is 3.36. The van der Waals surface area contributed by atoms with Crippen molar-refractivity contribution < 1.29 is 13.2 Å². The molecule has 0 saturated carbocycles. The smallest absolute Gasteiger partial charge is 0.251 e. The fourth-order valence-electron chi connectivity index (χ4n) is 3.21. The highest BCUT2D eigenvalue weighted by atomic mass is 35.5. The second kappa shape index (κ2) is 8.94. The average Bonchev–Trinajstić information content (AvgIpc) is 2.68. The Morgan fingerprint density at radius 2 is 1.79 bits per heavy atom. The van der Waals surface area contributed by atoms with E-state index in [1.54, 1.807) is 18.2 Å². The predicted molar refractivity (Wildman–Crippen MR) is 113 cm³/mol. The van der Waals surface area contributed by atoms with Crippen LogP contribution < -0.4 is 10.2 Å². The maximum Gasteiger partial charge on any atom is 0.251 e. The molecule has 0 radical (unpaired) electrons. The van der Waals surface area contributed by atoms with Crippen molar-refractivity contribution in [3.05, 3.63) is 64.7 Å². The molecular formula is C20H24ClN3O3S. The number of amides is 1. The summed E-state index contributed by atoms with van der Waals surface area (Å²) < 4.78 is 26.7. The Morgan fingerprint density at radius 3 is 2.46 bits per heavy atom. The van der Waals surface area contributed by atoms with Gasteiger partial charge in [0.25, 0.3) is 5.91 Å². The first-order valence-electron chi connectivity index (χ1n) is 9.18. The van der Waals surface area contributed by atoms with Gasteiger partial charge in [0.2, 0.25) is 10.0 Å². The van der Waals surface area contributed by atoms with Crippen molar-refractivity contribution in [2.75, 3.05) is 43.4 Å². The molecule has 0 aromatic heterocycles. The van der Waals surface area contributed by atoms with E-state index in [4.69, 9.17) is 11.6 Å². The Morgan fingerprint density at radius 1 is 1.07 bits per heavy atom. The minimum Gasteiger partial charge on any atom is -0.369 e. The fourth-order valence-corrected chi connectivity index (χ4v) is 4.73. The number of sulfonamides is 1. The quantitative estimate of drug-likeness (QED) is 0.778. The summed E-state index contributed by atoms with van der Waals surface area (Å²) in [5.41, 5.74) is 2.51. The summed E-state index contributed by atoms with van der Waals surface area (Å²) in [5.74, 6) is -0.369. The average molecular weight is 422 g/mol. The van der Waals surface area contributed by atoms with Crippen LogP contribution in [0.15, 0.2) is 48.5 Å². The molecule has 1 amide bonds. The Balaban J connectivity index is 1.49. The molecule has 1 heterocycles. The largest absolute Gasteiger partial charge is 0.369 e. The molecule has 0 unspecified atom stereocenters. The third kappa shape index (κ3) is 5.25. The first-order valence-corrected chi connectivity index (χ1v) is 11.2. The lowest BCUT2D eigenvalue weighted by atomic mass is 10.1. The van der Waals surface area contributed by atoms with Crippen molar-refractivity contribution in [3.8, 4) is 0 Å². The number of aryl methyl sites for hydroxylation is 1. The topological polar surface area (TPSA) is 69.7 Å². The first-order chi connectivity index (χ1) is 13.3. The summed E-state index contributed by atoms with van der Waals surface area (Å²) in [4.78, 5) is 14.3. The molecule has 2 aromatic carbocycles. The highest BCUT2D eigenvalue weighted by molar-refractivity contribution is 7.89. The lowest BCUT2D eigenvalue weighted by molar-refractivity contribution is 0.0956. The molecule has 1 saturated heterocycles. The number of hydrogen-bond acceptors (Lipinski definition) is 4. The Kier molecular flexibility index (Phi) is 6.59. The van der Waals surface area contributed by atoms with Crippen LogP contribution in [0.1, 0.15) is 15.9 Å². The van der Waals surface area contributed by atoms with Crippen LogP contribution in [0.5, 0.6) is 0 Å². The van der Waals surface area contributed by atoms with E-state index in [0.717, 1.165) is 11.3 Å². The standard InChI is InChI=1S/C20H24ClN3O3S/c1-16-4-2-5-17(14-16)20(25)22-8-13-28(26,27)24-11-9-23(10-12-24)19-7-3-6-18(21)15-19/h2-7,14-15H,8-13H2,1H3,(H,22,25). The van der Waals surface area contributed by atoms with Gasteiger partial charge in [0.05, 0.1) is 5.75 Å². The van der Waals surface area contributed by atoms with Crippen LogP contribution >= 0.6 is 11.6 Å². The molecule has 3 rings (SSSR count). The van der Waals surface area contributed by atoms with E-state index in [9.17, 15) is 13.2 Å². The van der Waals surface area contributed by atoms with Crippen LogP contribution in [0.25, 0.3) is 0 Å². The van der Waals surface area contributed by atoms with Gasteiger partial charge in [0.1, 0.15) is 0 Å². The van der Waals surface area contributed by atoms with Gasteiger partial charge in [-0.25, -0.2) is 8.42 Å². The van der Waals surface area contributed by atoms with Gasteiger partial charge in [-0.3, -0.25) is 4.79 Å². The van der Waals surface area contributed by atoms with Gasteiger partial charge < -0.3 is 10.2 Å². The van der Waals surface area contributed by atoms with Crippen molar-refractivity contribution in [2.24, 2.45) is 0 Å². The van der Waals surface area contributed by atoms with E-state index in [1.807, 2.05) is 37.3 Å². The molecule has 2 aromatic rings. The fraction of sp³-hybridized carbons (Fsp3) is 0.350. The summed E-state index contributed by atoms with van der Waals surface area (Å²) in [7, 11) is -3.42. The number of anilines is 1. The molecular weight excluding hydrogens is 398 g/mol. The van der Waals surface area contributed by atoms with Gasteiger partial charge in [-0.15, -0.1) is 0 Å². The van der Waals surface area contributed by atoms with Gasteiger partial charge in [0.15, 0.2) is 0 Å². The van der Waals surface area contributed by atoms with Gasteiger partial charge in [-0.05, 0) is 37.3 Å². The normalized spacial score (nSPS) is 15.4. The van der Waals surface area contributed by atoms with E-state index in [-0.39, 0.29) is 18.2 Å². The molecule has 0 atom stereocenters. The molecule has 0 aliphatic carbocycles. The maximum atomic E-state index is 12.6. The summed E-state index contributed by atoms with van der Waals surface area (Å²) in [6.07, 6.45) is 0. The number of hydrogen-bond donors (Lipinski definition) is 1. The first kappa shape index (κ1) is 20.6. The van der Waals surface area contributed by atoms with E-state index in [0.29, 0.717) is 36.8 Å². The van der Waals surface area contributed by atoms with Gasteiger partial charge >= 0.3 is 0 Å². The molecule has 1 aliphatic heterocycles.